The Morgan fingerprint density at radius 3 is 3.09 bits per heavy atom. The van der Waals surface area contributed by atoms with Crippen molar-refractivity contribution in [2.75, 3.05) is 13.2 Å². The minimum atomic E-state index is -0.109. The van der Waals surface area contributed by atoms with Gasteiger partial charge in [-0.3, -0.25) is 4.79 Å². The lowest BCUT2D eigenvalue weighted by molar-refractivity contribution is 0.0714. The van der Waals surface area contributed by atoms with Crippen molar-refractivity contribution in [1.82, 2.24) is 10.1 Å². The summed E-state index contributed by atoms with van der Waals surface area (Å²) in [6.07, 6.45) is 3.49. The van der Waals surface area contributed by atoms with Gasteiger partial charge in [-0.15, -0.1) is 0 Å². The van der Waals surface area contributed by atoms with E-state index in [1.54, 1.807) is 18.2 Å². The molecule has 23 heavy (non-hydrogen) atoms. The molecule has 1 amide bonds. The minimum absolute atomic E-state index is 0.109. The van der Waals surface area contributed by atoms with Crippen LogP contribution < -0.4 is 0 Å². The van der Waals surface area contributed by atoms with E-state index in [2.05, 4.69) is 5.16 Å². The zero-order valence-corrected chi connectivity index (χ0v) is 13.5. The van der Waals surface area contributed by atoms with Gasteiger partial charge >= 0.3 is 0 Å². The molecule has 3 rings (SSSR count). The molecule has 1 aliphatic rings. The molecular formula is C17H19ClN2O3. The number of benzene rings is 1. The summed E-state index contributed by atoms with van der Waals surface area (Å²) in [4.78, 5) is 14.5. The lowest BCUT2D eigenvalue weighted by atomic mass is 10.1. The number of carbonyl (C=O) groups is 1. The van der Waals surface area contributed by atoms with Crippen LogP contribution in [-0.2, 0) is 0 Å². The van der Waals surface area contributed by atoms with Crippen molar-refractivity contribution in [1.29, 1.82) is 0 Å². The van der Waals surface area contributed by atoms with Crippen LogP contribution in [-0.4, -0.2) is 40.3 Å². The number of hydrogen-bond acceptors (Lipinski definition) is 4. The van der Waals surface area contributed by atoms with Crippen LogP contribution in [0.3, 0.4) is 0 Å². The molecule has 1 atom stereocenters. The highest BCUT2D eigenvalue weighted by molar-refractivity contribution is 6.30. The average Bonchev–Trinajstić information content (AvgIpc) is 3.21. The number of rotatable bonds is 5. The van der Waals surface area contributed by atoms with Crippen molar-refractivity contribution in [3.05, 3.63) is 41.0 Å². The minimum Gasteiger partial charge on any atom is -0.396 e. The van der Waals surface area contributed by atoms with Crippen LogP contribution in [0.15, 0.2) is 34.9 Å². The molecule has 0 radical (unpaired) electrons. The van der Waals surface area contributed by atoms with Gasteiger partial charge in [-0.2, -0.15) is 0 Å². The molecule has 0 spiro atoms. The third-order valence-corrected chi connectivity index (χ3v) is 4.41. The van der Waals surface area contributed by atoms with E-state index < -0.39 is 0 Å². The summed E-state index contributed by atoms with van der Waals surface area (Å²) in [5.41, 5.74) is 1.11. The Morgan fingerprint density at radius 2 is 2.30 bits per heavy atom. The first kappa shape index (κ1) is 16.0. The van der Waals surface area contributed by atoms with Crippen molar-refractivity contribution in [2.24, 2.45) is 0 Å². The Balaban J connectivity index is 1.76. The van der Waals surface area contributed by atoms with E-state index in [1.807, 2.05) is 17.0 Å². The number of carbonyl (C=O) groups excluding carboxylic acids is 1. The predicted molar refractivity (Wildman–Crippen MR) is 87.3 cm³/mol. The number of aliphatic hydroxyl groups is 1. The van der Waals surface area contributed by atoms with Gasteiger partial charge < -0.3 is 14.5 Å². The van der Waals surface area contributed by atoms with Crippen molar-refractivity contribution < 1.29 is 14.4 Å². The number of likely N-dealkylation sites (tertiary alicyclic amines) is 1. The van der Waals surface area contributed by atoms with Crippen LogP contribution in [0, 0.1) is 0 Å². The molecule has 1 unspecified atom stereocenters. The van der Waals surface area contributed by atoms with Crippen LogP contribution in [0.4, 0.5) is 0 Å². The van der Waals surface area contributed by atoms with Crippen molar-refractivity contribution in [3.63, 3.8) is 0 Å². The summed E-state index contributed by atoms with van der Waals surface area (Å²) in [5.74, 6) is 0.421. The molecule has 1 aromatic carbocycles. The first-order valence-corrected chi connectivity index (χ1v) is 8.21. The smallest absolute Gasteiger partial charge is 0.276 e. The van der Waals surface area contributed by atoms with Crippen LogP contribution >= 0.6 is 11.6 Å². The Hall–Kier alpha value is -1.85. The Bertz CT molecular complexity index is 686. The van der Waals surface area contributed by atoms with Gasteiger partial charge in [0.2, 0.25) is 0 Å². The number of aliphatic hydroxyl groups excluding tert-OH is 1. The van der Waals surface area contributed by atoms with Crippen LogP contribution in [0.2, 0.25) is 5.02 Å². The molecular weight excluding hydrogens is 316 g/mol. The predicted octanol–water partition coefficient (Wildman–Crippen LogP) is 3.37. The number of nitrogens with zero attached hydrogens (tertiary/aromatic N) is 2. The molecule has 1 aliphatic heterocycles. The Labute approximate surface area is 139 Å². The second-order valence-electron chi connectivity index (χ2n) is 5.75. The lowest BCUT2D eigenvalue weighted by Crippen LogP contribution is -2.35. The maximum atomic E-state index is 12.6. The number of aromatic nitrogens is 1. The van der Waals surface area contributed by atoms with Crippen LogP contribution in [0.1, 0.15) is 36.2 Å². The van der Waals surface area contributed by atoms with E-state index in [1.165, 1.54) is 0 Å². The second-order valence-corrected chi connectivity index (χ2v) is 6.18. The summed E-state index contributed by atoms with van der Waals surface area (Å²) in [6.45, 7) is 0.885. The van der Waals surface area contributed by atoms with Gasteiger partial charge in [0.05, 0.1) is 0 Å². The second kappa shape index (κ2) is 7.15. The first-order valence-electron chi connectivity index (χ1n) is 7.83. The molecule has 0 saturated carbocycles. The largest absolute Gasteiger partial charge is 0.396 e. The van der Waals surface area contributed by atoms with Crippen LogP contribution in [0.5, 0.6) is 0 Å². The van der Waals surface area contributed by atoms with Crippen molar-refractivity contribution >= 4 is 17.5 Å². The van der Waals surface area contributed by atoms with Gasteiger partial charge in [-0.1, -0.05) is 28.9 Å². The standard InChI is InChI=1S/C17H19ClN2O3/c18-13-5-1-4-12(10-13)16-11-15(19-23-16)17(22)20-8-2-6-14(20)7-3-9-21/h1,4-5,10-11,14,21H,2-3,6-9H2. The fourth-order valence-electron chi connectivity index (χ4n) is 3.03. The molecule has 5 nitrogen and oxygen atoms in total. The van der Waals surface area contributed by atoms with Crippen LogP contribution in [0.25, 0.3) is 11.3 Å². The maximum absolute atomic E-state index is 12.6. The molecule has 6 heteroatoms. The van der Waals surface area contributed by atoms with E-state index in [4.69, 9.17) is 21.2 Å². The highest BCUT2D eigenvalue weighted by Gasteiger charge is 2.30. The summed E-state index contributed by atoms with van der Waals surface area (Å²) < 4.78 is 5.31. The summed E-state index contributed by atoms with van der Waals surface area (Å²) in [7, 11) is 0. The third kappa shape index (κ3) is 3.57. The highest BCUT2D eigenvalue weighted by Crippen LogP contribution is 2.26. The Kier molecular flexibility index (Phi) is 4.98. The lowest BCUT2D eigenvalue weighted by Gasteiger charge is -2.23. The molecule has 1 aromatic heterocycles. The van der Waals surface area contributed by atoms with E-state index >= 15 is 0 Å². The van der Waals surface area contributed by atoms with Crippen molar-refractivity contribution in [3.8, 4) is 11.3 Å². The van der Waals surface area contributed by atoms with Crippen molar-refractivity contribution in [2.45, 2.75) is 31.7 Å². The molecule has 1 saturated heterocycles. The van der Waals surface area contributed by atoms with Gasteiger partial charge in [0.1, 0.15) is 0 Å². The van der Waals surface area contributed by atoms with E-state index in [0.29, 0.717) is 22.9 Å². The number of halogens is 1. The van der Waals surface area contributed by atoms with Gasteiger partial charge in [-0.25, -0.2) is 0 Å². The topological polar surface area (TPSA) is 66.6 Å². The van der Waals surface area contributed by atoms with Gasteiger partial charge in [0, 0.05) is 35.8 Å². The molecule has 122 valence electrons. The summed E-state index contributed by atoms with van der Waals surface area (Å²) >= 11 is 5.98. The Morgan fingerprint density at radius 1 is 1.43 bits per heavy atom. The van der Waals surface area contributed by atoms with Gasteiger partial charge in [0.25, 0.3) is 5.91 Å². The fraction of sp³-hybridized carbons (Fsp3) is 0.412. The first-order chi connectivity index (χ1) is 11.2. The van der Waals surface area contributed by atoms with E-state index in [0.717, 1.165) is 31.4 Å². The maximum Gasteiger partial charge on any atom is 0.276 e. The molecule has 1 N–H and O–H groups in total. The van der Waals surface area contributed by atoms with Gasteiger partial charge in [-0.05, 0) is 37.8 Å². The normalized spacial score (nSPS) is 17.7. The van der Waals surface area contributed by atoms with Gasteiger partial charge in [0.15, 0.2) is 11.5 Å². The molecule has 0 bridgehead atoms. The number of amides is 1. The van der Waals surface area contributed by atoms with E-state index in [9.17, 15) is 4.79 Å². The highest BCUT2D eigenvalue weighted by atomic mass is 35.5. The van der Waals surface area contributed by atoms with E-state index in [-0.39, 0.29) is 18.6 Å². The summed E-state index contributed by atoms with van der Waals surface area (Å²) in [6, 6.07) is 9.09. The summed E-state index contributed by atoms with van der Waals surface area (Å²) in [5, 5.41) is 13.5. The zero-order chi connectivity index (χ0) is 16.2. The molecule has 2 aromatic rings. The zero-order valence-electron chi connectivity index (χ0n) is 12.7. The monoisotopic (exact) mass is 334 g/mol. The fourth-order valence-corrected chi connectivity index (χ4v) is 3.22. The molecule has 2 heterocycles. The third-order valence-electron chi connectivity index (χ3n) is 4.17. The quantitative estimate of drug-likeness (QED) is 0.910. The SMILES string of the molecule is O=C(c1cc(-c2cccc(Cl)c2)on1)N1CCCC1CCCO. The number of hydrogen-bond donors (Lipinski definition) is 1. The average molecular weight is 335 g/mol. The molecule has 0 aliphatic carbocycles. The molecule has 1 fully saturated rings.